The van der Waals surface area contributed by atoms with Crippen molar-refractivity contribution in [2.75, 3.05) is 0 Å². The molecule has 0 aromatic heterocycles. The third-order valence-electron chi connectivity index (χ3n) is 2.82. The van der Waals surface area contributed by atoms with Crippen molar-refractivity contribution in [1.29, 1.82) is 0 Å². The molecule has 1 aromatic rings. The Morgan fingerprint density at radius 3 is 2.92 bits per heavy atom. The van der Waals surface area contributed by atoms with Gasteiger partial charge in [0.1, 0.15) is 0 Å². The van der Waals surface area contributed by atoms with Crippen LogP contribution in [0.2, 0.25) is 0 Å². The summed E-state index contributed by atoms with van der Waals surface area (Å²) in [5.74, 6) is 0.393. The van der Waals surface area contributed by atoms with Crippen molar-refractivity contribution in [2.45, 2.75) is 25.2 Å². The molecule has 0 radical (unpaired) electrons. The van der Waals surface area contributed by atoms with Gasteiger partial charge in [0.15, 0.2) is 0 Å². The summed E-state index contributed by atoms with van der Waals surface area (Å²) >= 11 is 0. The van der Waals surface area contributed by atoms with Gasteiger partial charge in [0, 0.05) is 11.6 Å². The number of nitrogens with two attached hydrogens (primary N) is 1. The minimum Gasteiger partial charge on any atom is -0.402 e. The molecule has 13 heavy (non-hydrogen) atoms. The molecule has 1 aliphatic rings. The van der Waals surface area contributed by atoms with Crippen LogP contribution in [0, 0.1) is 0 Å². The maximum Gasteiger partial charge on any atom is 0.0232 e. The predicted octanol–water partition coefficient (Wildman–Crippen LogP) is 2.58. The van der Waals surface area contributed by atoms with Crippen LogP contribution in [-0.2, 0) is 6.42 Å². The fourth-order valence-corrected chi connectivity index (χ4v) is 2.14. The highest BCUT2D eigenvalue weighted by molar-refractivity contribution is 5.36. The van der Waals surface area contributed by atoms with Crippen LogP contribution in [0.25, 0.3) is 0 Å². The first-order valence-electron chi connectivity index (χ1n) is 4.81. The van der Waals surface area contributed by atoms with E-state index < -0.39 is 0 Å². The van der Waals surface area contributed by atoms with Gasteiger partial charge in [-0.2, -0.15) is 0 Å². The van der Waals surface area contributed by atoms with Crippen LogP contribution in [0.3, 0.4) is 0 Å². The Balaban J connectivity index is 2.42. The van der Waals surface area contributed by atoms with Crippen molar-refractivity contribution in [3.63, 3.8) is 0 Å². The van der Waals surface area contributed by atoms with E-state index in [-0.39, 0.29) is 0 Å². The normalized spacial score (nSPS) is 20.8. The summed E-state index contributed by atoms with van der Waals surface area (Å²) in [6.45, 7) is 3.86. The summed E-state index contributed by atoms with van der Waals surface area (Å²) < 4.78 is 0. The van der Waals surface area contributed by atoms with Gasteiger partial charge in [-0.15, -0.1) is 0 Å². The van der Waals surface area contributed by atoms with E-state index in [1.54, 1.807) is 0 Å². The standard InChI is InChI=1S/C12H15N/c1-9(13)11-8-4-6-10-5-2-3-7-12(10)11/h2-3,5,7,11H,1,4,6,8,13H2. The molecule has 1 aliphatic carbocycles. The summed E-state index contributed by atoms with van der Waals surface area (Å²) in [7, 11) is 0. The van der Waals surface area contributed by atoms with Crippen LogP contribution < -0.4 is 5.73 Å². The fourth-order valence-electron chi connectivity index (χ4n) is 2.14. The van der Waals surface area contributed by atoms with Gasteiger partial charge in [-0.3, -0.25) is 0 Å². The van der Waals surface area contributed by atoms with E-state index >= 15 is 0 Å². The second-order valence-electron chi connectivity index (χ2n) is 3.72. The minimum atomic E-state index is 0.393. The van der Waals surface area contributed by atoms with E-state index in [2.05, 4.69) is 30.8 Å². The van der Waals surface area contributed by atoms with E-state index in [1.165, 1.54) is 24.0 Å². The highest BCUT2D eigenvalue weighted by Gasteiger charge is 2.20. The van der Waals surface area contributed by atoms with E-state index in [0.717, 1.165) is 12.1 Å². The van der Waals surface area contributed by atoms with Crippen LogP contribution in [0.4, 0.5) is 0 Å². The third-order valence-corrected chi connectivity index (χ3v) is 2.82. The van der Waals surface area contributed by atoms with Crippen LogP contribution in [0.1, 0.15) is 29.9 Å². The molecule has 0 spiro atoms. The molecule has 68 valence electrons. The number of hydrogen-bond acceptors (Lipinski definition) is 1. The summed E-state index contributed by atoms with van der Waals surface area (Å²) in [5.41, 5.74) is 9.44. The average Bonchev–Trinajstić information content (AvgIpc) is 2.17. The fraction of sp³-hybridized carbons (Fsp3) is 0.333. The molecule has 2 rings (SSSR count). The van der Waals surface area contributed by atoms with Gasteiger partial charge >= 0.3 is 0 Å². The molecule has 1 atom stereocenters. The number of aryl methyl sites for hydroxylation is 1. The van der Waals surface area contributed by atoms with Gasteiger partial charge < -0.3 is 5.73 Å². The second-order valence-corrected chi connectivity index (χ2v) is 3.72. The quantitative estimate of drug-likeness (QED) is 0.694. The smallest absolute Gasteiger partial charge is 0.0232 e. The monoisotopic (exact) mass is 173 g/mol. The molecule has 0 amide bonds. The molecule has 1 unspecified atom stereocenters. The van der Waals surface area contributed by atoms with Gasteiger partial charge in [-0.1, -0.05) is 30.8 Å². The van der Waals surface area contributed by atoms with Crippen molar-refractivity contribution < 1.29 is 0 Å². The first-order valence-corrected chi connectivity index (χ1v) is 4.81. The summed E-state index contributed by atoms with van der Waals surface area (Å²) in [4.78, 5) is 0. The van der Waals surface area contributed by atoms with Crippen LogP contribution >= 0.6 is 0 Å². The molecule has 2 N–H and O–H groups in total. The van der Waals surface area contributed by atoms with E-state index in [9.17, 15) is 0 Å². The average molecular weight is 173 g/mol. The Hall–Kier alpha value is -1.24. The van der Waals surface area contributed by atoms with E-state index in [4.69, 9.17) is 5.73 Å². The van der Waals surface area contributed by atoms with Gasteiger partial charge in [0.25, 0.3) is 0 Å². The maximum atomic E-state index is 5.79. The van der Waals surface area contributed by atoms with Crippen LogP contribution in [0.5, 0.6) is 0 Å². The maximum absolute atomic E-state index is 5.79. The van der Waals surface area contributed by atoms with Gasteiger partial charge in [0.05, 0.1) is 0 Å². The predicted molar refractivity (Wildman–Crippen MR) is 55.4 cm³/mol. The van der Waals surface area contributed by atoms with Crippen molar-refractivity contribution in [2.24, 2.45) is 5.73 Å². The summed E-state index contributed by atoms with van der Waals surface area (Å²) in [6, 6.07) is 8.56. The molecular formula is C12H15N. The molecule has 0 fully saturated rings. The zero-order valence-electron chi connectivity index (χ0n) is 7.79. The Bertz CT molecular complexity index is 328. The lowest BCUT2D eigenvalue weighted by Crippen LogP contribution is -2.15. The molecule has 1 aromatic carbocycles. The number of hydrogen-bond donors (Lipinski definition) is 1. The van der Waals surface area contributed by atoms with Crippen LogP contribution in [-0.4, -0.2) is 0 Å². The molecule has 1 nitrogen and oxygen atoms in total. The second kappa shape index (κ2) is 3.25. The Morgan fingerprint density at radius 2 is 2.15 bits per heavy atom. The van der Waals surface area contributed by atoms with Crippen molar-refractivity contribution >= 4 is 0 Å². The number of rotatable bonds is 1. The molecule has 0 saturated heterocycles. The lowest BCUT2D eigenvalue weighted by atomic mass is 9.81. The van der Waals surface area contributed by atoms with Gasteiger partial charge in [-0.05, 0) is 30.4 Å². The Kier molecular flexibility index (Phi) is 2.09. The summed E-state index contributed by atoms with van der Waals surface area (Å²) in [5, 5.41) is 0. The molecule has 0 heterocycles. The lowest BCUT2D eigenvalue weighted by Gasteiger charge is -2.25. The molecule has 0 aliphatic heterocycles. The molecule has 0 saturated carbocycles. The number of fused-ring (bicyclic) bond motifs is 1. The zero-order chi connectivity index (χ0) is 9.26. The van der Waals surface area contributed by atoms with E-state index in [0.29, 0.717) is 5.92 Å². The minimum absolute atomic E-state index is 0.393. The SMILES string of the molecule is C=C(N)C1CCCc2ccccc21. The van der Waals surface area contributed by atoms with Crippen molar-refractivity contribution in [3.05, 3.63) is 47.7 Å². The van der Waals surface area contributed by atoms with Gasteiger partial charge in [-0.25, -0.2) is 0 Å². The lowest BCUT2D eigenvalue weighted by molar-refractivity contribution is 0.605. The van der Waals surface area contributed by atoms with Crippen LogP contribution in [0.15, 0.2) is 36.5 Å². The molecular weight excluding hydrogens is 158 g/mol. The zero-order valence-corrected chi connectivity index (χ0v) is 7.79. The Labute approximate surface area is 79.3 Å². The van der Waals surface area contributed by atoms with Crippen molar-refractivity contribution in [3.8, 4) is 0 Å². The van der Waals surface area contributed by atoms with Crippen molar-refractivity contribution in [1.82, 2.24) is 0 Å². The first kappa shape index (κ1) is 8.36. The third kappa shape index (κ3) is 1.46. The number of benzene rings is 1. The molecule has 1 heteroatoms. The van der Waals surface area contributed by atoms with E-state index in [1.807, 2.05) is 0 Å². The summed E-state index contributed by atoms with van der Waals surface area (Å²) in [6.07, 6.45) is 3.59. The first-order chi connectivity index (χ1) is 6.29. The van der Waals surface area contributed by atoms with Gasteiger partial charge in [0.2, 0.25) is 0 Å². The topological polar surface area (TPSA) is 26.0 Å². The highest BCUT2D eigenvalue weighted by atomic mass is 14.6. The Morgan fingerprint density at radius 1 is 1.38 bits per heavy atom. The highest BCUT2D eigenvalue weighted by Crippen LogP contribution is 2.33. The largest absolute Gasteiger partial charge is 0.402 e. The molecule has 0 bridgehead atoms. The number of allylic oxidation sites excluding steroid dienone is 1.